The molecule has 0 N–H and O–H groups in total. The van der Waals surface area contributed by atoms with Crippen LogP contribution in [0.4, 0.5) is 0 Å². The average molecular weight is 241 g/mol. The third-order valence-electron chi connectivity index (χ3n) is 2.20. The van der Waals surface area contributed by atoms with Gasteiger partial charge < -0.3 is 0 Å². The third kappa shape index (κ3) is 2.19. The topological polar surface area (TPSA) is 17.1 Å². The van der Waals surface area contributed by atoms with Crippen LogP contribution in [-0.4, -0.2) is 6.29 Å². The first-order chi connectivity index (χ1) is 6.06. The number of halogens is 1. The smallest absolute Gasteiger partial charge is 0.150 e. The molecule has 0 saturated carbocycles. The van der Waals surface area contributed by atoms with Crippen molar-refractivity contribution in [2.24, 2.45) is 0 Å². The van der Waals surface area contributed by atoms with Crippen LogP contribution in [0.1, 0.15) is 41.3 Å². The highest BCUT2D eigenvalue weighted by atomic mass is 79.9. The van der Waals surface area contributed by atoms with E-state index in [2.05, 4.69) is 35.8 Å². The zero-order chi connectivity index (χ0) is 10.0. The van der Waals surface area contributed by atoms with Gasteiger partial charge in [0.2, 0.25) is 0 Å². The Morgan fingerprint density at radius 3 is 2.46 bits per heavy atom. The van der Waals surface area contributed by atoms with Gasteiger partial charge in [-0.15, -0.1) is 0 Å². The Morgan fingerprint density at radius 2 is 2.00 bits per heavy atom. The third-order valence-corrected chi connectivity index (χ3v) is 2.66. The molecule has 0 unspecified atom stereocenters. The van der Waals surface area contributed by atoms with Gasteiger partial charge in [-0.2, -0.15) is 0 Å². The molecule has 1 nitrogen and oxygen atoms in total. The molecule has 1 aromatic rings. The lowest BCUT2D eigenvalue weighted by molar-refractivity contribution is 0.112. The van der Waals surface area contributed by atoms with Gasteiger partial charge in [-0.1, -0.05) is 29.8 Å². The predicted molar refractivity (Wildman–Crippen MR) is 58.4 cm³/mol. The predicted octanol–water partition coefficient (Wildman–Crippen LogP) is 3.69. The molecule has 70 valence electrons. The van der Waals surface area contributed by atoms with Gasteiger partial charge in [-0.05, 0) is 36.1 Å². The van der Waals surface area contributed by atoms with Crippen molar-refractivity contribution in [3.05, 3.63) is 33.3 Å². The van der Waals surface area contributed by atoms with Gasteiger partial charge in [0.05, 0.1) is 0 Å². The van der Waals surface area contributed by atoms with Crippen LogP contribution in [0.25, 0.3) is 0 Å². The molecular weight excluding hydrogens is 228 g/mol. The SMILES string of the molecule is Cc1c(C=O)cc(Br)cc1C(C)C. The van der Waals surface area contributed by atoms with Crippen molar-refractivity contribution in [1.82, 2.24) is 0 Å². The fourth-order valence-electron chi connectivity index (χ4n) is 1.44. The maximum Gasteiger partial charge on any atom is 0.150 e. The summed E-state index contributed by atoms with van der Waals surface area (Å²) in [5.74, 6) is 0.455. The van der Waals surface area contributed by atoms with E-state index in [1.807, 2.05) is 13.0 Å². The molecule has 1 aromatic carbocycles. The van der Waals surface area contributed by atoms with E-state index in [0.717, 1.165) is 21.9 Å². The van der Waals surface area contributed by atoms with Crippen LogP contribution in [0.2, 0.25) is 0 Å². The van der Waals surface area contributed by atoms with Gasteiger partial charge in [0, 0.05) is 10.0 Å². The van der Waals surface area contributed by atoms with Gasteiger partial charge in [0.1, 0.15) is 6.29 Å². The molecule has 13 heavy (non-hydrogen) atoms. The maximum atomic E-state index is 10.7. The molecule has 0 bridgehead atoms. The zero-order valence-electron chi connectivity index (χ0n) is 8.10. The first kappa shape index (κ1) is 10.5. The van der Waals surface area contributed by atoms with Crippen LogP contribution < -0.4 is 0 Å². The van der Waals surface area contributed by atoms with E-state index in [9.17, 15) is 4.79 Å². The number of aldehydes is 1. The summed E-state index contributed by atoms with van der Waals surface area (Å²) >= 11 is 3.40. The summed E-state index contributed by atoms with van der Waals surface area (Å²) in [5.41, 5.74) is 3.10. The molecule has 0 aliphatic heterocycles. The minimum Gasteiger partial charge on any atom is -0.298 e. The van der Waals surface area contributed by atoms with Crippen molar-refractivity contribution in [2.45, 2.75) is 26.7 Å². The minimum absolute atomic E-state index is 0.455. The number of hydrogen-bond acceptors (Lipinski definition) is 1. The largest absolute Gasteiger partial charge is 0.298 e. The van der Waals surface area contributed by atoms with E-state index >= 15 is 0 Å². The maximum absolute atomic E-state index is 10.7. The zero-order valence-corrected chi connectivity index (χ0v) is 9.68. The van der Waals surface area contributed by atoms with Gasteiger partial charge in [0.25, 0.3) is 0 Å². The van der Waals surface area contributed by atoms with E-state index in [1.165, 1.54) is 5.56 Å². The summed E-state index contributed by atoms with van der Waals surface area (Å²) in [6, 6.07) is 3.93. The lowest BCUT2D eigenvalue weighted by Gasteiger charge is -2.11. The molecular formula is C11H13BrO. The Morgan fingerprint density at radius 1 is 1.38 bits per heavy atom. The second kappa shape index (κ2) is 4.05. The fraction of sp³-hybridized carbons (Fsp3) is 0.364. The van der Waals surface area contributed by atoms with Crippen molar-refractivity contribution in [2.75, 3.05) is 0 Å². The highest BCUT2D eigenvalue weighted by Gasteiger charge is 2.08. The molecule has 0 saturated heterocycles. The number of carbonyl (C=O) groups is 1. The number of carbonyl (C=O) groups excluding carboxylic acids is 1. The Hall–Kier alpha value is -0.630. The van der Waals surface area contributed by atoms with Crippen LogP contribution in [-0.2, 0) is 0 Å². The van der Waals surface area contributed by atoms with Crippen LogP contribution in [0, 0.1) is 6.92 Å². The van der Waals surface area contributed by atoms with Crippen LogP contribution in [0.5, 0.6) is 0 Å². The monoisotopic (exact) mass is 240 g/mol. The molecule has 0 radical (unpaired) electrons. The van der Waals surface area contributed by atoms with Crippen molar-refractivity contribution in [1.29, 1.82) is 0 Å². The van der Waals surface area contributed by atoms with Crippen molar-refractivity contribution < 1.29 is 4.79 Å². The molecule has 0 heterocycles. The van der Waals surface area contributed by atoms with Gasteiger partial charge in [-0.25, -0.2) is 0 Å². The molecule has 2 heteroatoms. The van der Waals surface area contributed by atoms with Gasteiger partial charge in [0.15, 0.2) is 0 Å². The molecule has 1 rings (SSSR count). The van der Waals surface area contributed by atoms with Crippen molar-refractivity contribution in [3.8, 4) is 0 Å². The lowest BCUT2D eigenvalue weighted by atomic mass is 9.95. The summed E-state index contributed by atoms with van der Waals surface area (Å²) in [6.07, 6.45) is 0.909. The molecule has 0 aliphatic rings. The summed E-state index contributed by atoms with van der Waals surface area (Å²) in [7, 11) is 0. The standard InChI is InChI=1S/C11H13BrO/c1-7(2)11-5-10(12)4-9(6-13)8(11)3/h4-7H,1-3H3. The van der Waals surface area contributed by atoms with E-state index in [4.69, 9.17) is 0 Å². The normalized spacial score (nSPS) is 10.5. The second-order valence-corrected chi connectivity index (χ2v) is 4.40. The Kier molecular flexibility index (Phi) is 3.26. The van der Waals surface area contributed by atoms with E-state index in [0.29, 0.717) is 5.92 Å². The van der Waals surface area contributed by atoms with Gasteiger partial charge >= 0.3 is 0 Å². The van der Waals surface area contributed by atoms with Crippen LogP contribution in [0.3, 0.4) is 0 Å². The molecule has 0 spiro atoms. The summed E-state index contributed by atoms with van der Waals surface area (Å²) < 4.78 is 0.976. The molecule has 0 fully saturated rings. The lowest BCUT2D eigenvalue weighted by Crippen LogP contribution is -1.96. The number of rotatable bonds is 2. The Bertz CT molecular complexity index is 329. The van der Waals surface area contributed by atoms with Gasteiger partial charge in [-0.3, -0.25) is 4.79 Å². The fourth-order valence-corrected chi connectivity index (χ4v) is 1.94. The molecule has 0 amide bonds. The summed E-state index contributed by atoms with van der Waals surface area (Å²) in [4.78, 5) is 10.7. The summed E-state index contributed by atoms with van der Waals surface area (Å²) in [6.45, 7) is 6.25. The number of benzene rings is 1. The minimum atomic E-state index is 0.455. The highest BCUT2D eigenvalue weighted by Crippen LogP contribution is 2.25. The average Bonchev–Trinajstić information content (AvgIpc) is 2.08. The number of hydrogen-bond donors (Lipinski definition) is 0. The van der Waals surface area contributed by atoms with Crippen LogP contribution in [0.15, 0.2) is 16.6 Å². The first-order valence-electron chi connectivity index (χ1n) is 4.31. The van der Waals surface area contributed by atoms with Crippen LogP contribution >= 0.6 is 15.9 Å². The van der Waals surface area contributed by atoms with Crippen molar-refractivity contribution in [3.63, 3.8) is 0 Å². The molecule has 0 aromatic heterocycles. The van der Waals surface area contributed by atoms with E-state index in [1.54, 1.807) is 0 Å². The highest BCUT2D eigenvalue weighted by molar-refractivity contribution is 9.10. The Labute approximate surface area is 87.3 Å². The first-order valence-corrected chi connectivity index (χ1v) is 5.10. The Balaban J connectivity index is 3.35. The summed E-state index contributed by atoms with van der Waals surface area (Å²) in [5, 5.41) is 0. The van der Waals surface area contributed by atoms with E-state index < -0.39 is 0 Å². The van der Waals surface area contributed by atoms with Crippen molar-refractivity contribution >= 4 is 22.2 Å². The quantitative estimate of drug-likeness (QED) is 0.721. The van der Waals surface area contributed by atoms with E-state index in [-0.39, 0.29) is 0 Å². The molecule has 0 aliphatic carbocycles. The second-order valence-electron chi connectivity index (χ2n) is 3.48. The molecule has 0 atom stereocenters.